The van der Waals surface area contributed by atoms with Gasteiger partial charge in [0, 0.05) is 25.7 Å². The molecule has 0 aromatic carbocycles. The van der Waals surface area contributed by atoms with E-state index in [9.17, 15) is 5.11 Å². The van der Waals surface area contributed by atoms with E-state index in [1.165, 1.54) is 0 Å². The first-order valence-corrected chi connectivity index (χ1v) is 6.71. The van der Waals surface area contributed by atoms with E-state index in [2.05, 4.69) is 38.0 Å². The molecule has 1 saturated heterocycles. The highest BCUT2D eigenvalue weighted by atomic mass is 16.5. The quantitative estimate of drug-likeness (QED) is 0.692. The van der Waals surface area contributed by atoms with Crippen molar-refractivity contribution < 1.29 is 9.84 Å². The summed E-state index contributed by atoms with van der Waals surface area (Å²) in [6.07, 6.45) is 1.06. The van der Waals surface area contributed by atoms with Crippen molar-refractivity contribution in [2.45, 2.75) is 45.4 Å². The molecule has 102 valence electrons. The number of hydrogen-bond acceptors (Lipinski definition) is 4. The van der Waals surface area contributed by atoms with Gasteiger partial charge in [0.15, 0.2) is 0 Å². The zero-order chi connectivity index (χ0) is 12.8. The fourth-order valence-corrected chi connectivity index (χ4v) is 2.37. The molecule has 4 heteroatoms. The summed E-state index contributed by atoms with van der Waals surface area (Å²) in [4.78, 5) is 2.22. The molecule has 0 aromatic rings. The molecule has 17 heavy (non-hydrogen) atoms. The number of nitrogens with one attached hydrogen (secondary N) is 1. The molecule has 1 aliphatic heterocycles. The second kappa shape index (κ2) is 7.31. The maximum atomic E-state index is 9.93. The van der Waals surface area contributed by atoms with E-state index in [1.54, 1.807) is 0 Å². The fourth-order valence-electron chi connectivity index (χ4n) is 2.37. The number of rotatable bonds is 7. The van der Waals surface area contributed by atoms with Gasteiger partial charge in [0.25, 0.3) is 0 Å². The molecule has 0 aliphatic carbocycles. The van der Waals surface area contributed by atoms with Crippen molar-refractivity contribution in [1.82, 2.24) is 10.2 Å². The monoisotopic (exact) mass is 244 g/mol. The van der Waals surface area contributed by atoms with Gasteiger partial charge in [-0.1, -0.05) is 13.8 Å². The van der Waals surface area contributed by atoms with E-state index in [4.69, 9.17) is 4.74 Å². The number of ether oxygens (including phenoxy) is 1. The van der Waals surface area contributed by atoms with Crippen LogP contribution in [0.5, 0.6) is 0 Å². The van der Waals surface area contributed by atoms with Gasteiger partial charge < -0.3 is 15.2 Å². The van der Waals surface area contributed by atoms with Gasteiger partial charge in [-0.3, -0.25) is 4.90 Å². The molecular formula is C13H28N2O2. The minimum Gasteiger partial charge on any atom is -0.390 e. The van der Waals surface area contributed by atoms with E-state index in [1.807, 2.05) is 0 Å². The Kier molecular flexibility index (Phi) is 6.41. The van der Waals surface area contributed by atoms with Crippen molar-refractivity contribution in [3.63, 3.8) is 0 Å². The Labute approximate surface area is 105 Å². The number of hydrogen-bond donors (Lipinski definition) is 2. The summed E-state index contributed by atoms with van der Waals surface area (Å²) in [6.45, 7) is 9.64. The molecule has 0 spiro atoms. The standard InChI is InChI=1S/C13H28N2O2/c1-10(2)7-14-8-12(16)9-15(4)13-5-6-17-11(13)3/h10-14,16H,5-9H2,1-4H3. The van der Waals surface area contributed by atoms with Crippen LogP contribution in [0.3, 0.4) is 0 Å². The largest absolute Gasteiger partial charge is 0.390 e. The van der Waals surface area contributed by atoms with Gasteiger partial charge in [-0.25, -0.2) is 0 Å². The minimum atomic E-state index is -0.299. The lowest BCUT2D eigenvalue weighted by Gasteiger charge is -2.28. The third kappa shape index (κ3) is 5.34. The molecule has 3 atom stereocenters. The van der Waals surface area contributed by atoms with E-state index < -0.39 is 0 Å². The minimum absolute atomic E-state index is 0.288. The van der Waals surface area contributed by atoms with Crippen molar-refractivity contribution in [2.75, 3.05) is 33.3 Å². The Hall–Kier alpha value is -0.160. The molecule has 0 amide bonds. The second-order valence-electron chi connectivity index (χ2n) is 5.58. The van der Waals surface area contributed by atoms with Crippen LogP contribution in [-0.4, -0.2) is 61.5 Å². The Morgan fingerprint density at radius 1 is 1.41 bits per heavy atom. The summed E-state index contributed by atoms with van der Waals surface area (Å²) in [6, 6.07) is 0.453. The molecule has 0 aromatic heterocycles. The van der Waals surface area contributed by atoms with E-state index in [-0.39, 0.29) is 12.2 Å². The van der Waals surface area contributed by atoms with Gasteiger partial charge in [0.05, 0.1) is 12.2 Å². The maximum absolute atomic E-state index is 9.93. The van der Waals surface area contributed by atoms with E-state index in [0.29, 0.717) is 25.0 Å². The first kappa shape index (κ1) is 14.9. The Morgan fingerprint density at radius 3 is 2.65 bits per heavy atom. The topological polar surface area (TPSA) is 44.7 Å². The molecule has 3 unspecified atom stereocenters. The van der Waals surface area contributed by atoms with Crippen LogP contribution in [-0.2, 0) is 4.74 Å². The average Bonchev–Trinajstić information content (AvgIpc) is 2.63. The summed E-state index contributed by atoms with van der Waals surface area (Å²) in [5, 5.41) is 13.2. The number of aliphatic hydroxyl groups excluding tert-OH is 1. The average molecular weight is 244 g/mol. The number of likely N-dealkylation sites (N-methyl/N-ethyl adjacent to an activating group) is 1. The first-order chi connectivity index (χ1) is 8.00. The molecule has 1 fully saturated rings. The first-order valence-electron chi connectivity index (χ1n) is 6.71. The van der Waals surface area contributed by atoms with E-state index >= 15 is 0 Å². The third-order valence-electron chi connectivity index (χ3n) is 3.33. The highest BCUT2D eigenvalue weighted by molar-refractivity contribution is 4.81. The van der Waals surface area contributed by atoms with Crippen LogP contribution in [0.1, 0.15) is 27.2 Å². The molecule has 2 N–H and O–H groups in total. The Balaban J connectivity index is 2.18. The lowest BCUT2D eigenvalue weighted by Crippen LogP contribution is -2.44. The zero-order valence-electron chi connectivity index (χ0n) is 11.6. The van der Waals surface area contributed by atoms with Crippen LogP contribution < -0.4 is 5.32 Å². The highest BCUT2D eigenvalue weighted by Crippen LogP contribution is 2.18. The highest BCUT2D eigenvalue weighted by Gasteiger charge is 2.28. The number of nitrogens with zero attached hydrogens (tertiary/aromatic N) is 1. The lowest BCUT2D eigenvalue weighted by atomic mass is 10.1. The summed E-state index contributed by atoms with van der Waals surface area (Å²) < 4.78 is 5.54. The lowest BCUT2D eigenvalue weighted by molar-refractivity contribution is 0.0580. The number of aliphatic hydroxyl groups is 1. The maximum Gasteiger partial charge on any atom is 0.0791 e. The third-order valence-corrected chi connectivity index (χ3v) is 3.33. The SMILES string of the molecule is CC(C)CNCC(O)CN(C)C1CCOC1C. The van der Waals surface area contributed by atoms with Gasteiger partial charge in [-0.15, -0.1) is 0 Å². The van der Waals surface area contributed by atoms with Crippen LogP contribution in [0.2, 0.25) is 0 Å². The molecule has 4 nitrogen and oxygen atoms in total. The van der Waals surface area contributed by atoms with Gasteiger partial charge in [-0.05, 0) is 32.9 Å². The summed E-state index contributed by atoms with van der Waals surface area (Å²) in [5.74, 6) is 0.628. The Bertz CT molecular complexity index is 212. The molecule has 1 rings (SSSR count). The van der Waals surface area contributed by atoms with Crippen LogP contribution in [0, 0.1) is 5.92 Å². The van der Waals surface area contributed by atoms with Crippen LogP contribution in [0.15, 0.2) is 0 Å². The normalized spacial score (nSPS) is 27.0. The Morgan fingerprint density at radius 2 is 2.12 bits per heavy atom. The van der Waals surface area contributed by atoms with Crippen molar-refractivity contribution in [3.8, 4) is 0 Å². The van der Waals surface area contributed by atoms with Crippen molar-refractivity contribution >= 4 is 0 Å². The van der Waals surface area contributed by atoms with Gasteiger partial charge >= 0.3 is 0 Å². The molecule has 0 bridgehead atoms. The molecule has 0 saturated carbocycles. The molecule has 0 radical (unpaired) electrons. The second-order valence-corrected chi connectivity index (χ2v) is 5.58. The summed E-state index contributed by atoms with van der Waals surface area (Å²) in [7, 11) is 2.07. The van der Waals surface area contributed by atoms with Crippen LogP contribution >= 0.6 is 0 Å². The zero-order valence-corrected chi connectivity index (χ0v) is 11.6. The molecular weight excluding hydrogens is 216 g/mol. The predicted molar refractivity (Wildman–Crippen MR) is 70.2 cm³/mol. The van der Waals surface area contributed by atoms with Gasteiger partial charge in [0.1, 0.15) is 0 Å². The molecule has 1 aliphatic rings. The summed E-state index contributed by atoms with van der Waals surface area (Å²) in [5.41, 5.74) is 0. The van der Waals surface area contributed by atoms with E-state index in [0.717, 1.165) is 19.6 Å². The fraction of sp³-hybridized carbons (Fsp3) is 1.00. The van der Waals surface area contributed by atoms with Crippen LogP contribution in [0.4, 0.5) is 0 Å². The smallest absolute Gasteiger partial charge is 0.0791 e. The molecule has 1 heterocycles. The van der Waals surface area contributed by atoms with Gasteiger partial charge in [0.2, 0.25) is 0 Å². The predicted octanol–water partition coefficient (Wildman–Crippen LogP) is 0.702. The van der Waals surface area contributed by atoms with Crippen molar-refractivity contribution in [2.24, 2.45) is 5.92 Å². The van der Waals surface area contributed by atoms with Gasteiger partial charge in [-0.2, -0.15) is 0 Å². The van der Waals surface area contributed by atoms with Crippen molar-refractivity contribution in [1.29, 1.82) is 0 Å². The summed E-state index contributed by atoms with van der Waals surface area (Å²) >= 11 is 0. The van der Waals surface area contributed by atoms with Crippen molar-refractivity contribution in [3.05, 3.63) is 0 Å². The van der Waals surface area contributed by atoms with Crippen LogP contribution in [0.25, 0.3) is 0 Å².